The van der Waals surface area contributed by atoms with E-state index < -0.39 is 0 Å². The summed E-state index contributed by atoms with van der Waals surface area (Å²) in [5.74, 6) is 1.82. The smallest absolute Gasteiger partial charge is 0.224 e. The third-order valence-electron chi connectivity index (χ3n) is 5.53. The second kappa shape index (κ2) is 9.57. The Labute approximate surface area is 181 Å². The number of halogens is 1. The molecule has 1 aromatic heterocycles. The van der Waals surface area contributed by atoms with Gasteiger partial charge in [-0.1, -0.05) is 28.1 Å². The fraction of sp³-hybridized carbons (Fsp3) is 0.500. The quantitative estimate of drug-likeness (QED) is 0.666. The standard InChI is InChI=1S/C22H30BrN5O/c1-14-13-24-22(27-20(14)28(3)4)26-19-11-7-17(8-12-19)21(29)25-15(2)16-5-9-18(23)10-6-16/h5-6,9-10,13,15,17,19H,7-8,11-12H2,1-4H3,(H,25,29)(H,24,26,27)/t15?,17-,19+. The highest BCUT2D eigenvalue weighted by molar-refractivity contribution is 9.10. The number of rotatable bonds is 6. The third kappa shape index (κ3) is 5.69. The van der Waals surface area contributed by atoms with Crippen LogP contribution in [0.2, 0.25) is 0 Å². The molecule has 7 heteroatoms. The molecular weight excluding hydrogens is 430 g/mol. The molecule has 1 aliphatic carbocycles. The Kier molecular flexibility index (Phi) is 7.11. The zero-order valence-corrected chi connectivity index (χ0v) is 19.2. The number of aromatic nitrogens is 2. The average molecular weight is 460 g/mol. The first-order valence-corrected chi connectivity index (χ1v) is 11.0. The number of carbonyl (C=O) groups is 1. The van der Waals surface area contributed by atoms with E-state index in [0.717, 1.165) is 47.1 Å². The van der Waals surface area contributed by atoms with Crippen molar-refractivity contribution in [2.24, 2.45) is 5.92 Å². The number of anilines is 2. The molecule has 1 heterocycles. The molecule has 3 rings (SSSR count). The fourth-order valence-corrected chi connectivity index (χ4v) is 4.07. The molecule has 1 atom stereocenters. The van der Waals surface area contributed by atoms with Gasteiger partial charge in [0.25, 0.3) is 0 Å². The molecular formula is C22H30BrN5O. The van der Waals surface area contributed by atoms with Gasteiger partial charge in [0.15, 0.2) is 0 Å². The topological polar surface area (TPSA) is 70.1 Å². The normalized spacial score (nSPS) is 20.0. The van der Waals surface area contributed by atoms with Gasteiger partial charge in [-0.15, -0.1) is 0 Å². The van der Waals surface area contributed by atoms with Gasteiger partial charge in [-0.25, -0.2) is 4.98 Å². The van der Waals surface area contributed by atoms with Gasteiger partial charge in [-0.3, -0.25) is 4.79 Å². The number of carbonyl (C=O) groups excluding carboxylic acids is 1. The molecule has 2 aromatic rings. The molecule has 0 radical (unpaired) electrons. The summed E-state index contributed by atoms with van der Waals surface area (Å²) >= 11 is 3.45. The van der Waals surface area contributed by atoms with E-state index in [1.807, 2.05) is 63.3 Å². The molecule has 6 nitrogen and oxygen atoms in total. The van der Waals surface area contributed by atoms with Crippen molar-refractivity contribution in [3.8, 4) is 0 Å². The predicted octanol–water partition coefficient (Wildman–Crippen LogP) is 4.46. The molecule has 1 aliphatic rings. The summed E-state index contributed by atoms with van der Waals surface area (Å²) in [6.07, 6.45) is 5.50. The Bertz CT molecular complexity index is 832. The van der Waals surface area contributed by atoms with Crippen LogP contribution in [-0.2, 0) is 4.79 Å². The van der Waals surface area contributed by atoms with Crippen LogP contribution in [0.1, 0.15) is 49.8 Å². The van der Waals surface area contributed by atoms with Crippen LogP contribution >= 0.6 is 15.9 Å². The van der Waals surface area contributed by atoms with Gasteiger partial charge in [-0.05, 0) is 57.2 Å². The maximum absolute atomic E-state index is 12.7. The fourth-order valence-electron chi connectivity index (χ4n) is 3.80. The van der Waals surface area contributed by atoms with Crippen molar-refractivity contribution in [3.05, 3.63) is 46.1 Å². The van der Waals surface area contributed by atoms with Gasteiger partial charge in [0.05, 0.1) is 6.04 Å². The molecule has 29 heavy (non-hydrogen) atoms. The predicted molar refractivity (Wildman–Crippen MR) is 121 cm³/mol. The van der Waals surface area contributed by atoms with Gasteiger partial charge in [0.1, 0.15) is 5.82 Å². The molecule has 0 spiro atoms. The summed E-state index contributed by atoms with van der Waals surface area (Å²) in [6, 6.07) is 8.41. The highest BCUT2D eigenvalue weighted by Gasteiger charge is 2.27. The van der Waals surface area contributed by atoms with Gasteiger partial charge in [0.2, 0.25) is 11.9 Å². The van der Waals surface area contributed by atoms with Gasteiger partial charge in [-0.2, -0.15) is 4.98 Å². The van der Waals surface area contributed by atoms with Crippen LogP contribution < -0.4 is 15.5 Å². The number of aryl methyl sites for hydroxylation is 1. The Morgan fingerprint density at radius 3 is 2.45 bits per heavy atom. The summed E-state index contributed by atoms with van der Waals surface area (Å²) in [5, 5.41) is 6.62. The minimum atomic E-state index is 0.0110. The maximum atomic E-state index is 12.7. The van der Waals surface area contributed by atoms with E-state index in [-0.39, 0.29) is 17.9 Å². The minimum absolute atomic E-state index is 0.0110. The molecule has 0 bridgehead atoms. The second-order valence-corrected chi connectivity index (χ2v) is 8.99. The molecule has 2 N–H and O–H groups in total. The van der Waals surface area contributed by atoms with Crippen LogP contribution in [0.4, 0.5) is 11.8 Å². The van der Waals surface area contributed by atoms with Crippen molar-refractivity contribution in [1.29, 1.82) is 0 Å². The summed E-state index contributed by atoms with van der Waals surface area (Å²) in [4.78, 5) is 23.7. The summed E-state index contributed by atoms with van der Waals surface area (Å²) in [6.45, 7) is 4.05. The zero-order chi connectivity index (χ0) is 21.0. The van der Waals surface area contributed by atoms with Crippen LogP contribution in [0, 0.1) is 12.8 Å². The number of hydrogen-bond donors (Lipinski definition) is 2. The lowest BCUT2D eigenvalue weighted by Crippen LogP contribution is -2.37. The van der Waals surface area contributed by atoms with Crippen molar-refractivity contribution in [3.63, 3.8) is 0 Å². The molecule has 0 saturated heterocycles. The van der Waals surface area contributed by atoms with Crippen LogP contribution in [0.25, 0.3) is 0 Å². The van der Waals surface area contributed by atoms with Crippen molar-refractivity contribution in [2.45, 2.75) is 51.6 Å². The molecule has 1 amide bonds. The van der Waals surface area contributed by atoms with Crippen LogP contribution in [0.15, 0.2) is 34.9 Å². The molecule has 156 valence electrons. The Hall–Kier alpha value is -2.15. The SMILES string of the molecule is Cc1cnc(N[C@H]2CC[C@@H](C(=O)NC(C)c3ccc(Br)cc3)CC2)nc1N(C)C. The molecule has 1 unspecified atom stereocenters. The van der Waals surface area contributed by atoms with Gasteiger partial charge >= 0.3 is 0 Å². The summed E-state index contributed by atoms with van der Waals surface area (Å²) in [5.41, 5.74) is 2.17. The number of nitrogens with one attached hydrogen (secondary N) is 2. The number of benzene rings is 1. The molecule has 1 fully saturated rings. The van der Waals surface area contributed by atoms with Crippen molar-refractivity contribution >= 4 is 33.6 Å². The largest absolute Gasteiger partial charge is 0.362 e. The summed E-state index contributed by atoms with van der Waals surface area (Å²) < 4.78 is 1.04. The lowest BCUT2D eigenvalue weighted by Gasteiger charge is -2.29. The summed E-state index contributed by atoms with van der Waals surface area (Å²) in [7, 11) is 3.97. The first-order chi connectivity index (χ1) is 13.8. The first kappa shape index (κ1) is 21.6. The molecule has 0 aliphatic heterocycles. The maximum Gasteiger partial charge on any atom is 0.224 e. The number of hydrogen-bond acceptors (Lipinski definition) is 5. The highest BCUT2D eigenvalue weighted by Crippen LogP contribution is 2.27. The van der Waals surface area contributed by atoms with E-state index in [4.69, 9.17) is 0 Å². The van der Waals surface area contributed by atoms with Crippen molar-refractivity contribution in [2.75, 3.05) is 24.3 Å². The van der Waals surface area contributed by atoms with Crippen LogP contribution in [0.5, 0.6) is 0 Å². The van der Waals surface area contributed by atoms with E-state index in [2.05, 4.69) is 36.5 Å². The van der Waals surface area contributed by atoms with E-state index >= 15 is 0 Å². The van der Waals surface area contributed by atoms with Gasteiger partial charge < -0.3 is 15.5 Å². The number of nitrogens with zero attached hydrogens (tertiary/aromatic N) is 3. The van der Waals surface area contributed by atoms with Crippen LogP contribution in [-0.4, -0.2) is 36.0 Å². The average Bonchev–Trinajstić information content (AvgIpc) is 2.70. The monoisotopic (exact) mass is 459 g/mol. The van der Waals surface area contributed by atoms with Crippen molar-refractivity contribution in [1.82, 2.24) is 15.3 Å². The van der Waals surface area contributed by atoms with Crippen LogP contribution in [0.3, 0.4) is 0 Å². The lowest BCUT2D eigenvalue weighted by molar-refractivity contribution is -0.126. The van der Waals surface area contributed by atoms with E-state index in [9.17, 15) is 4.79 Å². The van der Waals surface area contributed by atoms with Crippen molar-refractivity contribution < 1.29 is 4.79 Å². The molecule has 1 aromatic carbocycles. The Morgan fingerprint density at radius 2 is 1.83 bits per heavy atom. The minimum Gasteiger partial charge on any atom is -0.362 e. The first-order valence-electron chi connectivity index (χ1n) is 10.2. The third-order valence-corrected chi connectivity index (χ3v) is 6.06. The second-order valence-electron chi connectivity index (χ2n) is 8.07. The highest BCUT2D eigenvalue weighted by atomic mass is 79.9. The van der Waals surface area contributed by atoms with E-state index in [1.165, 1.54) is 0 Å². The lowest BCUT2D eigenvalue weighted by atomic mass is 9.85. The van der Waals surface area contributed by atoms with E-state index in [0.29, 0.717) is 12.0 Å². The Morgan fingerprint density at radius 1 is 1.17 bits per heavy atom. The van der Waals surface area contributed by atoms with E-state index in [1.54, 1.807) is 0 Å². The molecule has 1 saturated carbocycles. The van der Waals surface area contributed by atoms with Gasteiger partial charge in [0, 0.05) is 42.3 Å². The Balaban J connectivity index is 1.50. The number of amides is 1. The zero-order valence-electron chi connectivity index (χ0n) is 17.6.